The van der Waals surface area contributed by atoms with Gasteiger partial charge in [0.25, 0.3) is 0 Å². The Morgan fingerprint density at radius 2 is 2.00 bits per heavy atom. The minimum absolute atomic E-state index is 0.457. The van der Waals surface area contributed by atoms with Crippen molar-refractivity contribution in [2.75, 3.05) is 12.3 Å². The number of ether oxygens (including phenoxy) is 1. The fourth-order valence-electron chi connectivity index (χ4n) is 3.07. The predicted octanol–water partition coefficient (Wildman–Crippen LogP) is 3.81. The monoisotopic (exact) mass is 305 g/mol. The van der Waals surface area contributed by atoms with E-state index in [1.807, 2.05) is 13.8 Å². The van der Waals surface area contributed by atoms with E-state index in [2.05, 4.69) is 11.9 Å². The fourth-order valence-corrected chi connectivity index (χ4v) is 4.33. The van der Waals surface area contributed by atoms with Gasteiger partial charge in [0.05, 0.1) is 5.39 Å². The van der Waals surface area contributed by atoms with Gasteiger partial charge >= 0.3 is 0 Å². The lowest BCUT2D eigenvalue weighted by atomic mass is 9.96. The first-order valence-corrected chi connectivity index (χ1v) is 8.63. The molecule has 2 N–H and O–H groups in total. The zero-order valence-electron chi connectivity index (χ0n) is 13.0. The summed E-state index contributed by atoms with van der Waals surface area (Å²) in [6.07, 6.45) is 5.61. The topological polar surface area (TPSA) is 61.0 Å². The summed E-state index contributed by atoms with van der Waals surface area (Å²) < 4.78 is 5.89. The van der Waals surface area contributed by atoms with Crippen molar-refractivity contribution < 1.29 is 4.74 Å². The Balaban J connectivity index is 2.15. The number of aromatic nitrogens is 2. The van der Waals surface area contributed by atoms with E-state index in [1.54, 1.807) is 11.3 Å². The molecular formula is C16H23N3OS. The van der Waals surface area contributed by atoms with E-state index in [-0.39, 0.29) is 0 Å². The number of anilines is 1. The molecule has 0 saturated carbocycles. The minimum Gasteiger partial charge on any atom is -0.383 e. The van der Waals surface area contributed by atoms with Gasteiger partial charge in [-0.25, -0.2) is 9.97 Å². The highest BCUT2D eigenvalue weighted by Crippen LogP contribution is 2.39. The molecule has 0 fully saturated rings. The van der Waals surface area contributed by atoms with Crippen LogP contribution in [-0.4, -0.2) is 16.6 Å². The number of fused-ring (bicyclic) bond motifs is 3. The van der Waals surface area contributed by atoms with Crippen molar-refractivity contribution in [1.29, 1.82) is 0 Å². The van der Waals surface area contributed by atoms with Gasteiger partial charge in [0.2, 0.25) is 0 Å². The standard InChI is InChI=1S/C16H23N3OS/c1-4-16(3,20-5-2)15-18-13(17)12-10-8-6-7-9-11(10)21-14(12)19-15/h4-9H2,1-3H3,(H2,17,18,19). The van der Waals surface area contributed by atoms with E-state index in [9.17, 15) is 0 Å². The smallest absolute Gasteiger partial charge is 0.163 e. The number of hydrogen-bond acceptors (Lipinski definition) is 5. The van der Waals surface area contributed by atoms with Crippen LogP contribution in [-0.2, 0) is 23.2 Å². The Hall–Kier alpha value is -1.20. The van der Waals surface area contributed by atoms with Crippen molar-refractivity contribution in [1.82, 2.24) is 9.97 Å². The highest BCUT2D eigenvalue weighted by atomic mass is 32.1. The Morgan fingerprint density at radius 1 is 1.24 bits per heavy atom. The summed E-state index contributed by atoms with van der Waals surface area (Å²) in [6.45, 7) is 6.79. The summed E-state index contributed by atoms with van der Waals surface area (Å²) in [4.78, 5) is 11.9. The zero-order chi connectivity index (χ0) is 15.0. The van der Waals surface area contributed by atoms with E-state index in [4.69, 9.17) is 15.5 Å². The molecule has 0 radical (unpaired) electrons. The van der Waals surface area contributed by atoms with Crippen LogP contribution >= 0.6 is 11.3 Å². The molecule has 21 heavy (non-hydrogen) atoms. The molecule has 2 aromatic rings. The van der Waals surface area contributed by atoms with Crippen LogP contribution in [0.25, 0.3) is 10.2 Å². The minimum atomic E-state index is -0.457. The molecule has 0 aliphatic heterocycles. The Bertz CT molecular complexity index is 667. The van der Waals surface area contributed by atoms with Gasteiger partial charge in [-0.05, 0) is 51.5 Å². The quantitative estimate of drug-likeness (QED) is 0.933. The van der Waals surface area contributed by atoms with E-state index < -0.39 is 5.60 Å². The second-order valence-electron chi connectivity index (χ2n) is 5.84. The molecule has 1 aliphatic carbocycles. The lowest BCUT2D eigenvalue weighted by Crippen LogP contribution is -2.28. The van der Waals surface area contributed by atoms with E-state index >= 15 is 0 Å². The lowest BCUT2D eigenvalue weighted by molar-refractivity contribution is -0.0386. The fraction of sp³-hybridized carbons (Fsp3) is 0.625. The molecular weight excluding hydrogens is 282 g/mol. The second-order valence-corrected chi connectivity index (χ2v) is 6.92. The Labute approximate surface area is 129 Å². The largest absolute Gasteiger partial charge is 0.383 e. The Morgan fingerprint density at radius 3 is 2.71 bits per heavy atom. The second kappa shape index (κ2) is 5.54. The molecule has 3 rings (SSSR count). The van der Waals surface area contributed by atoms with Crippen LogP contribution < -0.4 is 5.73 Å². The molecule has 5 heteroatoms. The molecule has 0 amide bonds. The van der Waals surface area contributed by atoms with E-state index in [0.29, 0.717) is 12.4 Å². The van der Waals surface area contributed by atoms with Gasteiger partial charge in [0.15, 0.2) is 5.82 Å². The summed E-state index contributed by atoms with van der Waals surface area (Å²) in [5, 5.41) is 1.09. The third kappa shape index (κ3) is 2.42. The third-order valence-electron chi connectivity index (χ3n) is 4.45. The molecule has 2 heterocycles. The van der Waals surface area contributed by atoms with Crippen LogP contribution in [0.4, 0.5) is 5.82 Å². The summed E-state index contributed by atoms with van der Waals surface area (Å²) in [5.41, 5.74) is 7.21. The molecule has 0 aromatic carbocycles. The number of nitrogens with zero attached hydrogens (tertiary/aromatic N) is 2. The summed E-state index contributed by atoms with van der Waals surface area (Å²) in [6, 6.07) is 0. The number of thiophene rings is 1. The number of hydrogen-bond donors (Lipinski definition) is 1. The van der Waals surface area contributed by atoms with Crippen LogP contribution in [0.15, 0.2) is 0 Å². The van der Waals surface area contributed by atoms with Crippen molar-refractivity contribution >= 4 is 27.4 Å². The van der Waals surface area contributed by atoms with Crippen molar-refractivity contribution in [3.8, 4) is 0 Å². The number of nitrogens with two attached hydrogens (primary N) is 1. The molecule has 1 unspecified atom stereocenters. The van der Waals surface area contributed by atoms with Crippen LogP contribution in [0.2, 0.25) is 0 Å². The predicted molar refractivity (Wildman–Crippen MR) is 87.7 cm³/mol. The first kappa shape index (κ1) is 14.7. The molecule has 4 nitrogen and oxygen atoms in total. The van der Waals surface area contributed by atoms with Crippen LogP contribution in [0.5, 0.6) is 0 Å². The molecule has 0 saturated heterocycles. The van der Waals surface area contributed by atoms with E-state index in [0.717, 1.165) is 35.3 Å². The van der Waals surface area contributed by atoms with Crippen molar-refractivity contribution in [3.63, 3.8) is 0 Å². The number of rotatable bonds is 4. The molecule has 2 aromatic heterocycles. The van der Waals surface area contributed by atoms with Gasteiger partial charge in [-0.1, -0.05) is 6.92 Å². The molecule has 0 spiro atoms. The lowest BCUT2D eigenvalue weighted by Gasteiger charge is -2.26. The van der Waals surface area contributed by atoms with Gasteiger partial charge in [-0.2, -0.15) is 0 Å². The van der Waals surface area contributed by atoms with Gasteiger partial charge < -0.3 is 10.5 Å². The maximum atomic E-state index is 6.27. The number of nitrogen functional groups attached to an aromatic ring is 1. The molecule has 114 valence electrons. The van der Waals surface area contributed by atoms with Crippen LogP contribution in [0.1, 0.15) is 56.3 Å². The Kier molecular flexibility index (Phi) is 3.88. The number of aryl methyl sites for hydroxylation is 2. The van der Waals surface area contributed by atoms with Gasteiger partial charge in [0, 0.05) is 11.5 Å². The molecule has 0 bridgehead atoms. The summed E-state index contributed by atoms with van der Waals surface area (Å²) in [5.74, 6) is 1.34. The molecule has 1 aliphatic rings. The van der Waals surface area contributed by atoms with Crippen molar-refractivity contribution in [3.05, 3.63) is 16.3 Å². The van der Waals surface area contributed by atoms with Gasteiger partial charge in [0.1, 0.15) is 16.2 Å². The van der Waals surface area contributed by atoms with Crippen molar-refractivity contribution in [2.24, 2.45) is 0 Å². The van der Waals surface area contributed by atoms with Gasteiger partial charge in [-0.3, -0.25) is 0 Å². The summed E-state index contributed by atoms with van der Waals surface area (Å²) >= 11 is 1.79. The maximum Gasteiger partial charge on any atom is 0.163 e. The van der Waals surface area contributed by atoms with E-state index in [1.165, 1.54) is 23.3 Å². The first-order chi connectivity index (χ1) is 10.1. The zero-order valence-corrected chi connectivity index (χ0v) is 13.8. The van der Waals surface area contributed by atoms with Crippen LogP contribution in [0, 0.1) is 0 Å². The first-order valence-electron chi connectivity index (χ1n) is 7.81. The SMILES string of the molecule is CCOC(C)(CC)c1nc(N)c2c3c(sc2n1)CCCC3. The average molecular weight is 305 g/mol. The third-order valence-corrected chi connectivity index (χ3v) is 5.64. The maximum absolute atomic E-state index is 6.27. The normalized spacial score (nSPS) is 17.7. The van der Waals surface area contributed by atoms with Crippen molar-refractivity contribution in [2.45, 2.75) is 58.5 Å². The highest BCUT2D eigenvalue weighted by Gasteiger charge is 2.30. The summed E-state index contributed by atoms with van der Waals surface area (Å²) in [7, 11) is 0. The van der Waals surface area contributed by atoms with Crippen LogP contribution in [0.3, 0.4) is 0 Å². The van der Waals surface area contributed by atoms with Gasteiger partial charge in [-0.15, -0.1) is 11.3 Å². The molecule has 1 atom stereocenters. The average Bonchev–Trinajstić information content (AvgIpc) is 2.86. The highest BCUT2D eigenvalue weighted by molar-refractivity contribution is 7.19.